The molecule has 0 bridgehead atoms. The average Bonchev–Trinajstić information content (AvgIpc) is 3.51. The van der Waals surface area contributed by atoms with Crippen LogP contribution in [0.3, 0.4) is 0 Å². The molecule has 0 saturated heterocycles. The second-order valence-electron chi connectivity index (χ2n) is 7.99. The van der Waals surface area contributed by atoms with Crippen LogP contribution < -0.4 is 5.32 Å². The first kappa shape index (κ1) is 18.7. The van der Waals surface area contributed by atoms with E-state index in [1.807, 2.05) is 17.0 Å². The van der Waals surface area contributed by atoms with E-state index < -0.39 is 0 Å². The molecule has 1 aromatic carbocycles. The second-order valence-corrected chi connectivity index (χ2v) is 7.99. The molecule has 7 heteroatoms. The molecule has 152 valence electrons. The molecule has 0 spiro atoms. The van der Waals surface area contributed by atoms with Crippen LogP contribution in [0.5, 0.6) is 0 Å². The minimum Gasteiger partial charge on any atom is -0.338 e. The van der Waals surface area contributed by atoms with Crippen molar-refractivity contribution in [3.63, 3.8) is 0 Å². The zero-order valence-electron chi connectivity index (χ0n) is 16.7. The first-order valence-electron chi connectivity index (χ1n) is 10.2. The summed E-state index contributed by atoms with van der Waals surface area (Å²) in [5.74, 6) is 1.53. The standard InChI is InChI=1S/C23H22FN5O/c1-14-12-16(14)23(30)29-11-8-19-17(13-29)22(27-20-5-3-2-4-18(20)24)28-21(26-19)15-6-9-25-10-7-15/h2-7,9-10,14,16H,8,11-13H2,1H3,(H,26,27,28)/t14-,16-/m1/s1. The zero-order valence-corrected chi connectivity index (χ0v) is 16.7. The van der Waals surface area contributed by atoms with Gasteiger partial charge in [0.1, 0.15) is 11.6 Å². The molecule has 6 nitrogen and oxygen atoms in total. The molecule has 3 aromatic rings. The number of nitrogens with zero attached hydrogens (tertiary/aromatic N) is 4. The highest BCUT2D eigenvalue weighted by atomic mass is 19.1. The summed E-state index contributed by atoms with van der Waals surface area (Å²) in [5.41, 5.74) is 2.93. The van der Waals surface area contributed by atoms with E-state index in [0.29, 0.717) is 42.8 Å². The number of hydrogen-bond donors (Lipinski definition) is 1. The van der Waals surface area contributed by atoms with Crippen molar-refractivity contribution in [2.75, 3.05) is 11.9 Å². The monoisotopic (exact) mass is 403 g/mol. The lowest BCUT2D eigenvalue weighted by molar-refractivity contribution is -0.133. The molecule has 2 atom stereocenters. The zero-order chi connectivity index (χ0) is 20.7. The van der Waals surface area contributed by atoms with Crippen molar-refractivity contribution >= 4 is 17.4 Å². The molecular formula is C23H22FN5O. The van der Waals surface area contributed by atoms with Crippen LogP contribution in [0.2, 0.25) is 0 Å². The van der Waals surface area contributed by atoms with E-state index in [-0.39, 0.29) is 17.6 Å². The molecule has 3 heterocycles. The number of carbonyl (C=O) groups excluding carboxylic acids is 1. The maximum Gasteiger partial charge on any atom is 0.226 e. The first-order chi connectivity index (χ1) is 14.6. The number of nitrogens with one attached hydrogen (secondary N) is 1. The average molecular weight is 403 g/mol. The summed E-state index contributed by atoms with van der Waals surface area (Å²) in [6.07, 6.45) is 4.99. The summed E-state index contributed by atoms with van der Waals surface area (Å²) in [7, 11) is 0. The molecule has 2 aliphatic rings. The molecule has 0 unspecified atom stereocenters. The minimum absolute atomic E-state index is 0.131. The van der Waals surface area contributed by atoms with E-state index in [0.717, 1.165) is 23.2 Å². The van der Waals surface area contributed by atoms with Crippen LogP contribution in [0, 0.1) is 17.7 Å². The van der Waals surface area contributed by atoms with Gasteiger partial charge < -0.3 is 10.2 Å². The van der Waals surface area contributed by atoms with Gasteiger partial charge >= 0.3 is 0 Å². The fraction of sp³-hybridized carbons (Fsp3) is 0.304. The van der Waals surface area contributed by atoms with E-state index in [1.54, 1.807) is 30.6 Å². The predicted molar refractivity (Wildman–Crippen MR) is 111 cm³/mol. The molecular weight excluding hydrogens is 381 g/mol. The lowest BCUT2D eigenvalue weighted by Crippen LogP contribution is -2.38. The van der Waals surface area contributed by atoms with E-state index in [4.69, 9.17) is 9.97 Å². The molecule has 1 fully saturated rings. The Bertz CT molecular complexity index is 1100. The third-order valence-corrected chi connectivity index (χ3v) is 5.86. The molecule has 1 amide bonds. The van der Waals surface area contributed by atoms with Gasteiger partial charge in [-0.15, -0.1) is 0 Å². The maximum absolute atomic E-state index is 14.3. The number of rotatable bonds is 4. The fourth-order valence-electron chi connectivity index (χ4n) is 3.93. The van der Waals surface area contributed by atoms with Crippen LogP contribution >= 0.6 is 0 Å². The van der Waals surface area contributed by atoms with Crippen molar-refractivity contribution in [3.05, 3.63) is 65.9 Å². The molecule has 30 heavy (non-hydrogen) atoms. The summed E-state index contributed by atoms with van der Waals surface area (Å²) in [4.78, 5) is 28.2. The Hall–Kier alpha value is -3.35. The van der Waals surface area contributed by atoms with Crippen LogP contribution in [0.1, 0.15) is 24.6 Å². The highest BCUT2D eigenvalue weighted by molar-refractivity contribution is 5.82. The Balaban J connectivity index is 1.54. The van der Waals surface area contributed by atoms with Gasteiger partial charge in [0.2, 0.25) is 5.91 Å². The Labute approximate surface area is 174 Å². The van der Waals surface area contributed by atoms with Crippen LogP contribution in [-0.4, -0.2) is 32.3 Å². The minimum atomic E-state index is -0.356. The number of para-hydroxylation sites is 1. The quantitative estimate of drug-likeness (QED) is 0.714. The van der Waals surface area contributed by atoms with Crippen LogP contribution in [-0.2, 0) is 17.8 Å². The Morgan fingerprint density at radius 1 is 1.17 bits per heavy atom. The van der Waals surface area contributed by atoms with E-state index in [9.17, 15) is 9.18 Å². The summed E-state index contributed by atoms with van der Waals surface area (Å²) in [6, 6.07) is 10.2. The summed E-state index contributed by atoms with van der Waals surface area (Å²) in [5, 5.41) is 3.14. The second kappa shape index (κ2) is 7.48. The number of anilines is 2. The van der Waals surface area contributed by atoms with Gasteiger partial charge in [0, 0.05) is 42.4 Å². The highest BCUT2D eigenvalue weighted by Gasteiger charge is 2.42. The SMILES string of the molecule is C[C@@H]1C[C@H]1C(=O)N1CCc2nc(-c3ccncc3)nc(Nc3ccccc3F)c2C1. The van der Waals surface area contributed by atoms with Crippen LogP contribution in [0.25, 0.3) is 11.4 Å². The maximum atomic E-state index is 14.3. The number of hydrogen-bond acceptors (Lipinski definition) is 5. The molecule has 1 aliphatic carbocycles. The number of pyridine rings is 1. The number of benzene rings is 1. The van der Waals surface area contributed by atoms with Gasteiger partial charge in [-0.2, -0.15) is 0 Å². The van der Waals surface area contributed by atoms with Crippen molar-refractivity contribution in [1.29, 1.82) is 0 Å². The van der Waals surface area contributed by atoms with Crippen LogP contribution in [0.4, 0.5) is 15.9 Å². The molecule has 1 aliphatic heterocycles. The van der Waals surface area contributed by atoms with E-state index >= 15 is 0 Å². The molecule has 0 radical (unpaired) electrons. The summed E-state index contributed by atoms with van der Waals surface area (Å²) >= 11 is 0. The predicted octanol–water partition coefficient (Wildman–Crippen LogP) is 3.96. The van der Waals surface area contributed by atoms with Gasteiger partial charge in [-0.3, -0.25) is 9.78 Å². The highest BCUT2D eigenvalue weighted by Crippen LogP contribution is 2.40. The first-order valence-corrected chi connectivity index (χ1v) is 10.2. The Morgan fingerprint density at radius 3 is 2.67 bits per heavy atom. The molecule has 1 saturated carbocycles. The number of fused-ring (bicyclic) bond motifs is 1. The normalized spacial score (nSPS) is 19.9. The summed E-state index contributed by atoms with van der Waals surface area (Å²) in [6.45, 7) is 3.18. The third kappa shape index (κ3) is 3.51. The lowest BCUT2D eigenvalue weighted by atomic mass is 10.0. The van der Waals surface area contributed by atoms with Gasteiger partial charge in [-0.25, -0.2) is 14.4 Å². The number of halogens is 1. The van der Waals surface area contributed by atoms with Gasteiger partial charge in [0.25, 0.3) is 0 Å². The number of carbonyl (C=O) groups is 1. The number of amides is 1. The van der Waals surface area contributed by atoms with Crippen molar-refractivity contribution in [3.8, 4) is 11.4 Å². The fourth-order valence-corrected chi connectivity index (χ4v) is 3.93. The van der Waals surface area contributed by atoms with Gasteiger partial charge in [0.15, 0.2) is 5.82 Å². The van der Waals surface area contributed by atoms with Crippen molar-refractivity contribution in [2.24, 2.45) is 11.8 Å². The smallest absolute Gasteiger partial charge is 0.226 e. The van der Waals surface area contributed by atoms with Crippen molar-refractivity contribution < 1.29 is 9.18 Å². The Morgan fingerprint density at radius 2 is 1.93 bits per heavy atom. The third-order valence-electron chi connectivity index (χ3n) is 5.86. The molecule has 1 N–H and O–H groups in total. The van der Waals surface area contributed by atoms with Gasteiger partial charge in [0.05, 0.1) is 17.9 Å². The van der Waals surface area contributed by atoms with Crippen molar-refractivity contribution in [1.82, 2.24) is 19.9 Å². The molecule has 5 rings (SSSR count). The van der Waals surface area contributed by atoms with Crippen LogP contribution in [0.15, 0.2) is 48.8 Å². The largest absolute Gasteiger partial charge is 0.338 e. The van der Waals surface area contributed by atoms with Crippen molar-refractivity contribution in [2.45, 2.75) is 26.3 Å². The topological polar surface area (TPSA) is 71.0 Å². The lowest BCUT2D eigenvalue weighted by Gasteiger charge is -2.30. The van der Waals surface area contributed by atoms with E-state index in [1.165, 1.54) is 6.07 Å². The Kier molecular flexibility index (Phi) is 4.65. The van der Waals surface area contributed by atoms with E-state index in [2.05, 4.69) is 17.2 Å². The van der Waals surface area contributed by atoms with Gasteiger partial charge in [-0.05, 0) is 36.6 Å². The summed E-state index contributed by atoms with van der Waals surface area (Å²) < 4.78 is 14.3. The number of aromatic nitrogens is 3. The van der Waals surface area contributed by atoms with Gasteiger partial charge in [-0.1, -0.05) is 19.1 Å². The molecule has 2 aromatic heterocycles.